The van der Waals surface area contributed by atoms with E-state index in [1.807, 2.05) is 0 Å². The Morgan fingerprint density at radius 3 is 2.76 bits per heavy atom. The van der Waals surface area contributed by atoms with Gasteiger partial charge in [0.1, 0.15) is 0 Å². The number of aliphatic carboxylic acids is 1. The second-order valence-electron chi connectivity index (χ2n) is 3.51. The van der Waals surface area contributed by atoms with Crippen LogP contribution in [0.4, 0.5) is 0 Å². The smallest absolute Gasteiger partial charge is 0.328 e. The molecule has 92 valence electrons. The van der Waals surface area contributed by atoms with Gasteiger partial charge >= 0.3 is 5.97 Å². The summed E-state index contributed by atoms with van der Waals surface area (Å²) in [5, 5.41) is 8.48. The number of benzene rings is 1. The van der Waals surface area contributed by atoms with Crippen LogP contribution in [0.15, 0.2) is 30.3 Å². The van der Waals surface area contributed by atoms with Crippen LogP contribution in [0.1, 0.15) is 11.1 Å². The minimum Gasteiger partial charge on any atom is -0.478 e. The molecule has 1 rings (SSSR count). The number of carboxylic acids is 1. The zero-order valence-corrected chi connectivity index (χ0v) is 10.1. The van der Waals surface area contributed by atoms with Gasteiger partial charge in [-0.3, -0.25) is 0 Å². The van der Waals surface area contributed by atoms with Crippen molar-refractivity contribution in [3.8, 4) is 0 Å². The molecule has 0 amide bonds. The maximum Gasteiger partial charge on any atom is 0.328 e. The summed E-state index contributed by atoms with van der Waals surface area (Å²) in [7, 11) is -3.22. The van der Waals surface area contributed by atoms with Gasteiger partial charge in [-0.1, -0.05) is 24.3 Å². The SMILES string of the molecule is CS(=O)(=O)NCc1cccc(C=CC(=O)O)c1. The van der Waals surface area contributed by atoms with E-state index in [0.29, 0.717) is 5.56 Å². The van der Waals surface area contributed by atoms with E-state index in [4.69, 9.17) is 5.11 Å². The van der Waals surface area contributed by atoms with Gasteiger partial charge in [-0.25, -0.2) is 17.9 Å². The van der Waals surface area contributed by atoms with Crippen molar-refractivity contribution in [3.05, 3.63) is 41.5 Å². The zero-order valence-electron chi connectivity index (χ0n) is 9.25. The van der Waals surface area contributed by atoms with E-state index in [-0.39, 0.29) is 6.54 Å². The van der Waals surface area contributed by atoms with Crippen LogP contribution in [0, 0.1) is 0 Å². The first-order chi connectivity index (χ1) is 7.87. The quantitative estimate of drug-likeness (QED) is 0.763. The third kappa shape index (κ3) is 5.84. The van der Waals surface area contributed by atoms with E-state index in [1.165, 1.54) is 6.08 Å². The second-order valence-corrected chi connectivity index (χ2v) is 5.34. The molecule has 0 saturated heterocycles. The molecule has 0 bridgehead atoms. The van der Waals surface area contributed by atoms with E-state index >= 15 is 0 Å². The standard InChI is InChI=1S/C11H13NO4S/c1-17(15,16)12-8-10-4-2-3-9(7-10)5-6-11(13)14/h2-7,12H,8H2,1H3,(H,13,14). The zero-order chi connectivity index (χ0) is 12.9. The van der Waals surface area contributed by atoms with E-state index in [0.717, 1.165) is 17.9 Å². The van der Waals surface area contributed by atoms with Crippen LogP contribution >= 0.6 is 0 Å². The van der Waals surface area contributed by atoms with Crippen LogP contribution in [0.3, 0.4) is 0 Å². The first-order valence-corrected chi connectivity index (χ1v) is 6.70. The molecule has 0 atom stereocenters. The van der Waals surface area contributed by atoms with Gasteiger partial charge in [0, 0.05) is 12.6 Å². The Bertz CT molecular complexity index is 534. The highest BCUT2D eigenvalue weighted by atomic mass is 32.2. The third-order valence-electron chi connectivity index (χ3n) is 1.91. The number of carbonyl (C=O) groups is 1. The van der Waals surface area contributed by atoms with Crippen LogP contribution in [0.5, 0.6) is 0 Å². The van der Waals surface area contributed by atoms with E-state index in [1.54, 1.807) is 24.3 Å². The predicted molar refractivity (Wildman–Crippen MR) is 64.8 cm³/mol. The number of hydrogen-bond donors (Lipinski definition) is 2. The Labute approximate surface area is 99.8 Å². The van der Waals surface area contributed by atoms with Gasteiger partial charge in [0.15, 0.2) is 0 Å². The van der Waals surface area contributed by atoms with Crippen molar-refractivity contribution in [1.29, 1.82) is 0 Å². The Hall–Kier alpha value is -1.66. The number of carboxylic acid groups (broad SMARTS) is 1. The summed E-state index contributed by atoms with van der Waals surface area (Å²) in [6, 6.07) is 6.96. The lowest BCUT2D eigenvalue weighted by molar-refractivity contribution is -0.131. The molecule has 0 aromatic heterocycles. The van der Waals surface area contributed by atoms with Crippen molar-refractivity contribution in [2.45, 2.75) is 6.54 Å². The number of hydrogen-bond acceptors (Lipinski definition) is 3. The number of rotatable bonds is 5. The fraction of sp³-hybridized carbons (Fsp3) is 0.182. The molecule has 2 N–H and O–H groups in total. The van der Waals surface area contributed by atoms with Gasteiger partial charge in [0.2, 0.25) is 10.0 Å². The third-order valence-corrected chi connectivity index (χ3v) is 2.58. The van der Waals surface area contributed by atoms with Crippen molar-refractivity contribution in [2.75, 3.05) is 6.26 Å². The molecule has 0 saturated carbocycles. The topological polar surface area (TPSA) is 83.5 Å². The minimum atomic E-state index is -3.22. The first kappa shape index (κ1) is 13.4. The molecular weight excluding hydrogens is 242 g/mol. The lowest BCUT2D eigenvalue weighted by Gasteiger charge is -2.03. The Kier molecular flexibility index (Phi) is 4.42. The highest BCUT2D eigenvalue weighted by molar-refractivity contribution is 7.88. The largest absolute Gasteiger partial charge is 0.478 e. The van der Waals surface area contributed by atoms with Crippen LogP contribution in [-0.4, -0.2) is 25.7 Å². The van der Waals surface area contributed by atoms with Gasteiger partial charge < -0.3 is 5.11 Å². The summed E-state index contributed by atoms with van der Waals surface area (Å²) in [5.74, 6) is -1.02. The van der Waals surface area contributed by atoms with Crippen molar-refractivity contribution in [2.24, 2.45) is 0 Å². The molecule has 1 aromatic carbocycles. The summed E-state index contributed by atoms with van der Waals surface area (Å²) in [5.41, 5.74) is 1.48. The maximum atomic E-state index is 10.9. The van der Waals surface area contributed by atoms with E-state index in [9.17, 15) is 13.2 Å². The van der Waals surface area contributed by atoms with Gasteiger partial charge in [0.05, 0.1) is 6.26 Å². The molecule has 0 radical (unpaired) electrons. The average molecular weight is 255 g/mol. The molecule has 0 aliphatic heterocycles. The van der Waals surface area contributed by atoms with Crippen molar-refractivity contribution < 1.29 is 18.3 Å². The van der Waals surface area contributed by atoms with Crippen LogP contribution in [-0.2, 0) is 21.4 Å². The van der Waals surface area contributed by atoms with Gasteiger partial charge in [-0.05, 0) is 17.2 Å². The highest BCUT2D eigenvalue weighted by Crippen LogP contribution is 2.07. The predicted octanol–water partition coefficient (Wildman–Crippen LogP) is 0.834. The maximum absolute atomic E-state index is 10.9. The summed E-state index contributed by atoms with van der Waals surface area (Å²) in [4.78, 5) is 10.3. The monoisotopic (exact) mass is 255 g/mol. The number of sulfonamides is 1. The van der Waals surface area contributed by atoms with E-state index < -0.39 is 16.0 Å². The molecule has 0 aliphatic rings. The molecular formula is C11H13NO4S. The molecule has 0 aliphatic carbocycles. The van der Waals surface area contributed by atoms with Crippen LogP contribution in [0.25, 0.3) is 6.08 Å². The Morgan fingerprint density at radius 1 is 1.47 bits per heavy atom. The van der Waals surface area contributed by atoms with Crippen molar-refractivity contribution in [1.82, 2.24) is 4.72 Å². The highest BCUT2D eigenvalue weighted by Gasteiger charge is 2.01. The minimum absolute atomic E-state index is 0.188. The second kappa shape index (κ2) is 5.60. The van der Waals surface area contributed by atoms with Gasteiger partial charge in [-0.15, -0.1) is 0 Å². The summed E-state index contributed by atoms with van der Waals surface area (Å²) in [6.07, 6.45) is 3.57. The summed E-state index contributed by atoms with van der Waals surface area (Å²) in [6.45, 7) is 0.188. The fourth-order valence-electron chi connectivity index (χ4n) is 1.19. The molecule has 0 spiro atoms. The molecule has 5 nitrogen and oxygen atoms in total. The van der Waals surface area contributed by atoms with E-state index in [2.05, 4.69) is 4.72 Å². The number of nitrogens with one attached hydrogen (secondary N) is 1. The molecule has 0 heterocycles. The van der Waals surface area contributed by atoms with Crippen LogP contribution < -0.4 is 4.72 Å². The average Bonchev–Trinajstić information content (AvgIpc) is 2.23. The Balaban J connectivity index is 2.76. The first-order valence-electron chi connectivity index (χ1n) is 4.81. The normalized spacial score (nSPS) is 11.8. The molecule has 17 heavy (non-hydrogen) atoms. The molecule has 0 fully saturated rings. The van der Waals surface area contributed by atoms with Crippen LogP contribution in [0.2, 0.25) is 0 Å². The van der Waals surface area contributed by atoms with Gasteiger partial charge in [-0.2, -0.15) is 0 Å². The lowest BCUT2D eigenvalue weighted by atomic mass is 10.1. The molecule has 1 aromatic rings. The van der Waals surface area contributed by atoms with Crippen molar-refractivity contribution in [3.63, 3.8) is 0 Å². The lowest BCUT2D eigenvalue weighted by Crippen LogP contribution is -2.21. The summed E-state index contributed by atoms with van der Waals surface area (Å²) < 4.78 is 24.2. The fourth-order valence-corrected chi connectivity index (χ4v) is 1.62. The van der Waals surface area contributed by atoms with Gasteiger partial charge in [0.25, 0.3) is 0 Å². The molecule has 6 heteroatoms. The molecule has 0 unspecified atom stereocenters. The van der Waals surface area contributed by atoms with Crippen molar-refractivity contribution >= 4 is 22.1 Å². The Morgan fingerprint density at radius 2 is 2.18 bits per heavy atom. The summed E-state index contributed by atoms with van der Waals surface area (Å²) >= 11 is 0.